The molecule has 2 heterocycles. The lowest BCUT2D eigenvalue weighted by molar-refractivity contribution is -0.219. The molecule has 0 N–H and O–H groups in total. The second kappa shape index (κ2) is 5.90. The molecule has 3 rings (SSSR count). The summed E-state index contributed by atoms with van der Waals surface area (Å²) in [6.07, 6.45) is 0. The van der Waals surface area contributed by atoms with Crippen molar-refractivity contribution < 1.29 is 42.5 Å². The van der Waals surface area contributed by atoms with Crippen molar-refractivity contribution >= 4 is 35.0 Å². The van der Waals surface area contributed by atoms with Crippen molar-refractivity contribution in [2.45, 2.75) is 39.3 Å². The van der Waals surface area contributed by atoms with Gasteiger partial charge in [0.2, 0.25) is 0 Å². The summed E-state index contributed by atoms with van der Waals surface area (Å²) in [6.45, 7) is 5.47. The minimum Gasteiger partial charge on any atom is -0.419 e. The van der Waals surface area contributed by atoms with E-state index in [0.717, 1.165) is 12.1 Å². The molecule has 8 nitrogen and oxygen atoms in total. The molecule has 0 aromatic heterocycles. The average Bonchev–Trinajstić information content (AvgIpc) is 2.45. The van der Waals surface area contributed by atoms with E-state index < -0.39 is 52.4 Å². The molecule has 142 valence electrons. The van der Waals surface area contributed by atoms with Crippen LogP contribution in [0.5, 0.6) is 0 Å². The summed E-state index contributed by atoms with van der Waals surface area (Å²) >= 11 is 0. The van der Waals surface area contributed by atoms with E-state index in [1.807, 2.05) is 0 Å². The van der Waals surface area contributed by atoms with Crippen LogP contribution in [0.25, 0.3) is 11.1 Å². The molecule has 0 atom stereocenters. The maximum Gasteiger partial charge on any atom is 0.349 e. The maximum atomic E-state index is 14.6. The maximum absolute atomic E-state index is 14.6. The van der Waals surface area contributed by atoms with E-state index in [-0.39, 0.29) is 10.4 Å². The number of esters is 4. The normalized spacial score (nSPS) is 21.2. The lowest BCUT2D eigenvalue weighted by Gasteiger charge is -2.30. The Balaban J connectivity index is 2.15. The minimum absolute atomic E-state index is 0.125. The molecule has 0 unspecified atom stereocenters. The SMILES string of the molecule is CC1(C)OC(=O)C(=c2ccc(=C3C(=O)OC(C)(C)OC3=O)c(F)c2)C(=O)O1. The van der Waals surface area contributed by atoms with Crippen molar-refractivity contribution in [2.75, 3.05) is 0 Å². The van der Waals surface area contributed by atoms with Gasteiger partial charge in [-0.1, -0.05) is 12.1 Å². The average molecular weight is 378 g/mol. The van der Waals surface area contributed by atoms with Crippen LogP contribution in [0.4, 0.5) is 4.39 Å². The fourth-order valence-electron chi connectivity index (χ4n) is 2.63. The quantitative estimate of drug-likeness (QED) is 0.572. The molecule has 9 heteroatoms. The van der Waals surface area contributed by atoms with Crippen molar-refractivity contribution in [3.63, 3.8) is 0 Å². The van der Waals surface area contributed by atoms with Crippen LogP contribution in [0, 0.1) is 5.82 Å². The first-order valence-electron chi connectivity index (χ1n) is 7.88. The van der Waals surface area contributed by atoms with Gasteiger partial charge in [-0.2, -0.15) is 0 Å². The smallest absolute Gasteiger partial charge is 0.349 e. The Kier molecular flexibility index (Phi) is 4.05. The number of hydrogen-bond acceptors (Lipinski definition) is 8. The van der Waals surface area contributed by atoms with Crippen molar-refractivity contribution in [1.82, 2.24) is 0 Å². The number of cyclic esters (lactones) is 4. The van der Waals surface area contributed by atoms with E-state index in [1.165, 1.54) is 33.8 Å². The van der Waals surface area contributed by atoms with Crippen molar-refractivity contribution in [3.05, 3.63) is 34.5 Å². The number of carbonyl (C=O) groups excluding carboxylic acids is 4. The van der Waals surface area contributed by atoms with Crippen LogP contribution in [0.1, 0.15) is 27.7 Å². The lowest BCUT2D eigenvalue weighted by atomic mass is 10.1. The number of benzene rings is 1. The van der Waals surface area contributed by atoms with Crippen LogP contribution in [-0.4, -0.2) is 35.5 Å². The molecule has 1 aromatic rings. The number of ether oxygens (including phenoxy) is 4. The second-order valence-corrected chi connectivity index (χ2v) is 6.80. The van der Waals surface area contributed by atoms with Crippen LogP contribution in [0.15, 0.2) is 18.2 Å². The summed E-state index contributed by atoms with van der Waals surface area (Å²) < 4.78 is 34.4. The third-order valence-electron chi connectivity index (χ3n) is 3.70. The summed E-state index contributed by atoms with van der Waals surface area (Å²) in [5.74, 6) is -7.99. The molecule has 0 bridgehead atoms. The van der Waals surface area contributed by atoms with Crippen molar-refractivity contribution in [3.8, 4) is 0 Å². The molecule has 0 radical (unpaired) electrons. The van der Waals surface area contributed by atoms with Gasteiger partial charge in [0.25, 0.3) is 11.6 Å². The summed E-state index contributed by atoms with van der Waals surface area (Å²) in [5, 5.41) is -0.511. The number of hydrogen-bond donors (Lipinski definition) is 0. The Morgan fingerprint density at radius 2 is 1.11 bits per heavy atom. The Hall–Kier alpha value is -3.23. The van der Waals surface area contributed by atoms with Crippen LogP contribution in [-0.2, 0) is 38.1 Å². The first kappa shape index (κ1) is 18.6. The molecular weight excluding hydrogens is 363 g/mol. The van der Waals surface area contributed by atoms with Crippen LogP contribution in [0.2, 0.25) is 0 Å². The van der Waals surface area contributed by atoms with E-state index in [1.54, 1.807) is 0 Å². The first-order valence-corrected chi connectivity index (χ1v) is 7.88. The number of rotatable bonds is 0. The third-order valence-corrected chi connectivity index (χ3v) is 3.70. The summed E-state index contributed by atoms with van der Waals surface area (Å²) in [6, 6.07) is 3.06. The van der Waals surface area contributed by atoms with Gasteiger partial charge in [0.15, 0.2) is 11.1 Å². The zero-order chi connectivity index (χ0) is 20.1. The first-order chi connectivity index (χ1) is 12.4. The fourth-order valence-corrected chi connectivity index (χ4v) is 2.63. The Bertz CT molecular complexity index is 974. The van der Waals surface area contributed by atoms with Gasteiger partial charge in [0.05, 0.1) is 0 Å². The van der Waals surface area contributed by atoms with Crippen LogP contribution >= 0.6 is 0 Å². The van der Waals surface area contributed by atoms with E-state index >= 15 is 0 Å². The molecule has 0 aliphatic carbocycles. The highest BCUT2D eigenvalue weighted by molar-refractivity contribution is 6.38. The molecule has 0 saturated carbocycles. The summed E-state index contributed by atoms with van der Waals surface area (Å²) in [7, 11) is 0. The molecule has 0 amide bonds. The van der Waals surface area contributed by atoms with E-state index in [9.17, 15) is 23.6 Å². The zero-order valence-electron chi connectivity index (χ0n) is 14.9. The minimum atomic E-state index is -1.47. The Morgan fingerprint density at radius 1 is 0.704 bits per heavy atom. The standard InChI is InChI=1S/C18H15FO8/c1-17(2)24-13(20)11(14(21)25-17)8-5-6-9(10(19)7-8)12-15(22)26-18(3,4)27-16(12)23/h5-7H,1-4H3. The molecular formula is C18H15FO8. The lowest BCUT2D eigenvalue weighted by Crippen LogP contribution is -2.44. The zero-order valence-corrected chi connectivity index (χ0v) is 14.9. The van der Waals surface area contributed by atoms with Gasteiger partial charge in [-0.3, -0.25) is 0 Å². The van der Waals surface area contributed by atoms with Gasteiger partial charge in [-0.15, -0.1) is 0 Å². The number of halogens is 1. The Labute approximate surface area is 152 Å². The van der Waals surface area contributed by atoms with E-state index in [0.29, 0.717) is 0 Å². The fraction of sp³-hybridized carbons (Fsp3) is 0.333. The molecule has 2 fully saturated rings. The molecule has 1 aromatic carbocycles. The molecule has 2 saturated heterocycles. The van der Waals surface area contributed by atoms with Gasteiger partial charge in [-0.25, -0.2) is 23.6 Å². The monoisotopic (exact) mass is 378 g/mol. The van der Waals surface area contributed by atoms with Gasteiger partial charge < -0.3 is 18.9 Å². The predicted octanol–water partition coefficient (Wildman–Crippen LogP) is -0.201. The van der Waals surface area contributed by atoms with Gasteiger partial charge in [0, 0.05) is 32.9 Å². The topological polar surface area (TPSA) is 105 Å². The highest BCUT2D eigenvalue weighted by atomic mass is 19.1. The molecule has 2 aliphatic rings. The predicted molar refractivity (Wildman–Crippen MR) is 85.0 cm³/mol. The third kappa shape index (κ3) is 3.40. The molecule has 2 aliphatic heterocycles. The Morgan fingerprint density at radius 3 is 1.52 bits per heavy atom. The molecule has 0 spiro atoms. The van der Waals surface area contributed by atoms with Gasteiger partial charge in [0.1, 0.15) is 5.82 Å². The highest BCUT2D eigenvalue weighted by Crippen LogP contribution is 2.23. The largest absolute Gasteiger partial charge is 0.419 e. The van der Waals surface area contributed by atoms with Crippen LogP contribution < -0.4 is 10.4 Å². The number of carbonyl (C=O) groups is 4. The summed E-state index contributed by atoms with van der Waals surface area (Å²) in [4.78, 5) is 48.2. The van der Waals surface area contributed by atoms with Crippen molar-refractivity contribution in [2.24, 2.45) is 0 Å². The molecule has 27 heavy (non-hydrogen) atoms. The van der Waals surface area contributed by atoms with Crippen molar-refractivity contribution in [1.29, 1.82) is 0 Å². The van der Waals surface area contributed by atoms with Gasteiger partial charge >= 0.3 is 23.9 Å². The second-order valence-electron chi connectivity index (χ2n) is 6.80. The summed E-state index contributed by atoms with van der Waals surface area (Å²) in [5.41, 5.74) is -1.13. The van der Waals surface area contributed by atoms with E-state index in [2.05, 4.69) is 0 Å². The van der Waals surface area contributed by atoms with E-state index in [4.69, 9.17) is 18.9 Å². The van der Waals surface area contributed by atoms with Crippen LogP contribution in [0.3, 0.4) is 0 Å². The highest BCUT2D eigenvalue weighted by Gasteiger charge is 2.41. The van der Waals surface area contributed by atoms with Gasteiger partial charge in [-0.05, 0) is 11.3 Å².